The highest BCUT2D eigenvalue weighted by Crippen LogP contribution is 2.35. The van der Waals surface area contributed by atoms with Gasteiger partial charge in [-0.25, -0.2) is 19.3 Å². The molecular formula is C15H15ClFN9. The van der Waals surface area contributed by atoms with Crippen LogP contribution in [0.15, 0.2) is 24.9 Å². The average molecular weight is 376 g/mol. The Hall–Kier alpha value is -2.88. The maximum Gasteiger partial charge on any atom is 0.234 e. The van der Waals surface area contributed by atoms with Crippen molar-refractivity contribution in [2.75, 3.05) is 10.6 Å². The summed E-state index contributed by atoms with van der Waals surface area (Å²) < 4.78 is 15.0. The standard InChI is InChI=1S/C15H15ClFN9/c1-8(12-18-4-9(17)5-19-12)21-14-23-13(16)24-15(25-14)22-11-6-26(7-20-11)10-2-3-10/h4-8,10H,2-3H2,1H3,(H2,21,22,23,24,25). The molecule has 0 aliphatic heterocycles. The Morgan fingerprint density at radius 3 is 2.62 bits per heavy atom. The Morgan fingerprint density at radius 2 is 1.88 bits per heavy atom. The summed E-state index contributed by atoms with van der Waals surface area (Å²) in [4.78, 5) is 24.5. The van der Waals surface area contributed by atoms with Crippen LogP contribution in [0.4, 0.5) is 22.1 Å². The molecule has 0 amide bonds. The molecule has 11 heteroatoms. The highest BCUT2D eigenvalue weighted by atomic mass is 35.5. The molecule has 3 aromatic rings. The first kappa shape index (κ1) is 16.6. The number of nitrogens with one attached hydrogen (secondary N) is 2. The van der Waals surface area contributed by atoms with E-state index in [0.717, 1.165) is 12.4 Å². The first-order chi connectivity index (χ1) is 12.6. The van der Waals surface area contributed by atoms with E-state index in [1.165, 1.54) is 12.8 Å². The summed E-state index contributed by atoms with van der Waals surface area (Å²) in [5.74, 6) is 1.04. The fourth-order valence-corrected chi connectivity index (χ4v) is 2.52. The van der Waals surface area contributed by atoms with Crippen LogP contribution in [0.2, 0.25) is 5.28 Å². The quantitative estimate of drug-likeness (QED) is 0.677. The maximum absolute atomic E-state index is 12.9. The molecule has 2 N–H and O–H groups in total. The van der Waals surface area contributed by atoms with Crippen LogP contribution in [0.1, 0.15) is 37.7 Å². The number of hydrogen-bond donors (Lipinski definition) is 2. The summed E-state index contributed by atoms with van der Waals surface area (Å²) >= 11 is 5.98. The van der Waals surface area contributed by atoms with Crippen molar-refractivity contribution in [2.24, 2.45) is 0 Å². The Morgan fingerprint density at radius 1 is 1.15 bits per heavy atom. The molecule has 3 aromatic heterocycles. The second-order valence-corrected chi connectivity index (χ2v) is 6.28. The van der Waals surface area contributed by atoms with Gasteiger partial charge < -0.3 is 15.2 Å². The zero-order valence-electron chi connectivity index (χ0n) is 13.8. The number of anilines is 3. The van der Waals surface area contributed by atoms with Crippen molar-refractivity contribution >= 4 is 29.3 Å². The fourth-order valence-electron chi connectivity index (χ4n) is 2.36. The molecule has 1 atom stereocenters. The summed E-state index contributed by atoms with van der Waals surface area (Å²) in [5.41, 5.74) is 0. The van der Waals surface area contributed by atoms with Crippen LogP contribution in [0, 0.1) is 5.82 Å². The molecule has 1 unspecified atom stereocenters. The van der Waals surface area contributed by atoms with Gasteiger partial charge in [0.15, 0.2) is 11.6 Å². The van der Waals surface area contributed by atoms with Crippen LogP contribution in [-0.2, 0) is 0 Å². The van der Waals surface area contributed by atoms with Crippen LogP contribution >= 0.6 is 11.6 Å². The Balaban J connectivity index is 1.48. The van der Waals surface area contributed by atoms with Gasteiger partial charge in [-0.1, -0.05) is 0 Å². The van der Waals surface area contributed by atoms with E-state index in [4.69, 9.17) is 11.6 Å². The predicted molar refractivity (Wildman–Crippen MR) is 92.6 cm³/mol. The first-order valence-corrected chi connectivity index (χ1v) is 8.40. The first-order valence-electron chi connectivity index (χ1n) is 8.03. The number of aromatic nitrogens is 7. The summed E-state index contributed by atoms with van der Waals surface area (Å²) in [6.45, 7) is 1.80. The maximum atomic E-state index is 12.9. The highest BCUT2D eigenvalue weighted by molar-refractivity contribution is 6.28. The molecule has 26 heavy (non-hydrogen) atoms. The van der Waals surface area contributed by atoms with E-state index in [9.17, 15) is 4.39 Å². The fraction of sp³-hybridized carbons (Fsp3) is 0.333. The van der Waals surface area contributed by atoms with Gasteiger partial charge in [0.1, 0.15) is 5.82 Å². The van der Waals surface area contributed by atoms with Gasteiger partial charge in [0.2, 0.25) is 17.2 Å². The number of nitrogens with zero attached hydrogens (tertiary/aromatic N) is 7. The lowest BCUT2D eigenvalue weighted by Gasteiger charge is -2.12. The molecule has 0 saturated heterocycles. The second-order valence-electron chi connectivity index (χ2n) is 5.94. The van der Waals surface area contributed by atoms with Crippen molar-refractivity contribution in [1.82, 2.24) is 34.5 Å². The van der Waals surface area contributed by atoms with Crippen molar-refractivity contribution in [2.45, 2.75) is 31.8 Å². The second kappa shape index (κ2) is 6.79. The number of halogens is 2. The van der Waals surface area contributed by atoms with E-state index < -0.39 is 5.82 Å². The van der Waals surface area contributed by atoms with Crippen molar-refractivity contribution in [1.29, 1.82) is 0 Å². The van der Waals surface area contributed by atoms with E-state index in [1.807, 2.05) is 6.20 Å². The van der Waals surface area contributed by atoms with Crippen LogP contribution < -0.4 is 10.6 Å². The van der Waals surface area contributed by atoms with Gasteiger partial charge >= 0.3 is 0 Å². The highest BCUT2D eigenvalue weighted by Gasteiger charge is 2.23. The topological polar surface area (TPSA) is 106 Å². The molecule has 0 bridgehead atoms. The molecule has 0 aromatic carbocycles. The van der Waals surface area contributed by atoms with Gasteiger partial charge in [-0.2, -0.15) is 15.0 Å². The SMILES string of the molecule is CC(Nc1nc(Cl)nc(Nc2cn(C3CC3)cn2)n1)c1ncc(F)cn1. The van der Waals surface area contributed by atoms with E-state index in [1.54, 1.807) is 13.3 Å². The van der Waals surface area contributed by atoms with Crippen molar-refractivity contribution in [3.8, 4) is 0 Å². The third-order valence-corrected chi connectivity index (χ3v) is 3.96. The lowest BCUT2D eigenvalue weighted by molar-refractivity contribution is 0.604. The number of hydrogen-bond acceptors (Lipinski definition) is 8. The smallest absolute Gasteiger partial charge is 0.234 e. The van der Waals surface area contributed by atoms with Crippen LogP contribution in [0.25, 0.3) is 0 Å². The Bertz CT molecular complexity index is 910. The minimum absolute atomic E-state index is 0.0267. The molecule has 4 rings (SSSR count). The van der Waals surface area contributed by atoms with Crippen LogP contribution in [0.5, 0.6) is 0 Å². The van der Waals surface area contributed by atoms with Gasteiger partial charge in [-0.15, -0.1) is 0 Å². The van der Waals surface area contributed by atoms with Crippen molar-refractivity contribution in [3.63, 3.8) is 0 Å². The largest absolute Gasteiger partial charge is 0.344 e. The third kappa shape index (κ3) is 3.85. The zero-order valence-corrected chi connectivity index (χ0v) is 14.5. The molecule has 3 heterocycles. The van der Waals surface area contributed by atoms with E-state index in [0.29, 0.717) is 17.7 Å². The van der Waals surface area contributed by atoms with Gasteiger partial charge in [0.25, 0.3) is 0 Å². The van der Waals surface area contributed by atoms with Crippen LogP contribution in [-0.4, -0.2) is 34.5 Å². The van der Waals surface area contributed by atoms with Crippen molar-refractivity contribution < 1.29 is 4.39 Å². The third-order valence-electron chi connectivity index (χ3n) is 3.79. The zero-order chi connectivity index (χ0) is 18.1. The summed E-state index contributed by atoms with van der Waals surface area (Å²) in [6.07, 6.45) is 8.22. The molecule has 1 aliphatic carbocycles. The molecule has 0 spiro atoms. The Labute approximate surface area is 153 Å². The number of rotatable bonds is 6. The minimum atomic E-state index is -0.499. The van der Waals surface area contributed by atoms with Gasteiger partial charge in [-0.3, -0.25) is 0 Å². The number of imidazole rings is 1. The average Bonchev–Trinajstić information content (AvgIpc) is 3.35. The summed E-state index contributed by atoms with van der Waals surface area (Å²) in [5, 5.41) is 6.05. The van der Waals surface area contributed by atoms with E-state index in [-0.39, 0.29) is 23.2 Å². The van der Waals surface area contributed by atoms with Gasteiger partial charge in [0, 0.05) is 12.2 Å². The molecule has 9 nitrogen and oxygen atoms in total. The monoisotopic (exact) mass is 375 g/mol. The molecule has 1 saturated carbocycles. The normalized spacial score (nSPS) is 14.9. The van der Waals surface area contributed by atoms with Gasteiger partial charge in [0.05, 0.1) is 24.8 Å². The lowest BCUT2D eigenvalue weighted by Crippen LogP contribution is -2.14. The molecule has 134 valence electrons. The Kier molecular flexibility index (Phi) is 4.33. The van der Waals surface area contributed by atoms with Crippen molar-refractivity contribution in [3.05, 3.63) is 41.8 Å². The summed E-state index contributed by atoms with van der Waals surface area (Å²) in [7, 11) is 0. The minimum Gasteiger partial charge on any atom is -0.344 e. The van der Waals surface area contributed by atoms with Gasteiger partial charge in [-0.05, 0) is 31.4 Å². The lowest BCUT2D eigenvalue weighted by atomic mass is 10.3. The van der Waals surface area contributed by atoms with E-state index in [2.05, 4.69) is 45.1 Å². The van der Waals surface area contributed by atoms with Crippen LogP contribution in [0.3, 0.4) is 0 Å². The predicted octanol–water partition coefficient (Wildman–Crippen LogP) is 2.90. The molecule has 1 aliphatic rings. The molecule has 1 fully saturated rings. The molecule has 0 radical (unpaired) electrons. The van der Waals surface area contributed by atoms with E-state index >= 15 is 0 Å². The summed E-state index contributed by atoms with van der Waals surface area (Å²) in [6, 6.07) is 0.185. The molecular weight excluding hydrogens is 361 g/mol.